The molecule has 2 atom stereocenters. The van der Waals surface area contributed by atoms with Gasteiger partial charge in [0, 0.05) is 18.7 Å². The number of likely N-dealkylation sites (tertiary alicyclic amines) is 1. The number of nitrogens with two attached hydrogens (primary N) is 1. The van der Waals surface area contributed by atoms with Crippen LogP contribution in [-0.4, -0.2) is 45.7 Å². The third-order valence-corrected chi connectivity index (χ3v) is 3.05. The van der Waals surface area contributed by atoms with E-state index < -0.39 is 29.8 Å². The van der Waals surface area contributed by atoms with Gasteiger partial charge < -0.3 is 20.8 Å². The maximum Gasteiger partial charge on any atom is 0.326 e. The largest absolute Gasteiger partial charge is 0.480 e. The van der Waals surface area contributed by atoms with Crippen molar-refractivity contribution in [3.05, 3.63) is 29.6 Å². The van der Waals surface area contributed by atoms with Gasteiger partial charge in [-0.15, -0.1) is 0 Å². The summed E-state index contributed by atoms with van der Waals surface area (Å²) in [6.07, 6.45) is -0.973. The molecule has 0 unspecified atom stereocenters. The molecule has 0 bridgehead atoms. The Morgan fingerprint density at radius 1 is 1.42 bits per heavy atom. The second-order valence-electron chi connectivity index (χ2n) is 4.44. The predicted molar refractivity (Wildman–Crippen MR) is 63.9 cm³/mol. The highest BCUT2D eigenvalue weighted by Gasteiger charge is 2.39. The van der Waals surface area contributed by atoms with Crippen LogP contribution in [0.2, 0.25) is 0 Å². The van der Waals surface area contributed by atoms with Gasteiger partial charge in [0.15, 0.2) is 0 Å². The molecule has 1 saturated heterocycles. The summed E-state index contributed by atoms with van der Waals surface area (Å²) >= 11 is 0. The monoisotopic (exact) mass is 268 g/mol. The van der Waals surface area contributed by atoms with Gasteiger partial charge in [-0.3, -0.25) is 4.79 Å². The van der Waals surface area contributed by atoms with Gasteiger partial charge in [0.25, 0.3) is 5.91 Å². The number of nitrogens with zero attached hydrogens (tertiary/aromatic N) is 1. The molecule has 0 aliphatic carbocycles. The smallest absolute Gasteiger partial charge is 0.326 e. The zero-order valence-corrected chi connectivity index (χ0v) is 9.91. The van der Waals surface area contributed by atoms with Crippen molar-refractivity contribution in [3.8, 4) is 0 Å². The maximum absolute atomic E-state index is 13.6. The highest BCUT2D eigenvalue weighted by Crippen LogP contribution is 2.22. The molecule has 7 heteroatoms. The number of carboxylic acid groups (broad SMARTS) is 1. The van der Waals surface area contributed by atoms with E-state index in [9.17, 15) is 19.1 Å². The molecule has 1 aliphatic heterocycles. The number of rotatable bonds is 2. The maximum atomic E-state index is 13.6. The second kappa shape index (κ2) is 4.85. The molecule has 1 fully saturated rings. The number of β-amino-alcohol motifs (C(OH)–C–C–N with tert-alkyl or cyclic N) is 1. The summed E-state index contributed by atoms with van der Waals surface area (Å²) < 4.78 is 13.6. The van der Waals surface area contributed by atoms with Crippen molar-refractivity contribution in [1.29, 1.82) is 0 Å². The van der Waals surface area contributed by atoms with Crippen LogP contribution in [0, 0.1) is 5.82 Å². The van der Waals surface area contributed by atoms with E-state index in [0.717, 1.165) is 11.0 Å². The normalized spacial score (nSPS) is 22.5. The Hall–Kier alpha value is -2.15. The zero-order valence-electron chi connectivity index (χ0n) is 9.91. The number of aliphatic carboxylic acids is 1. The first-order chi connectivity index (χ1) is 8.90. The molecule has 1 amide bonds. The summed E-state index contributed by atoms with van der Waals surface area (Å²) in [6, 6.07) is 2.42. The third kappa shape index (κ3) is 2.50. The first-order valence-electron chi connectivity index (χ1n) is 5.67. The Balaban J connectivity index is 2.30. The summed E-state index contributed by atoms with van der Waals surface area (Å²) in [6.45, 7) is -0.125. The minimum Gasteiger partial charge on any atom is -0.480 e. The number of carbonyl (C=O) groups excluding carboxylic acids is 1. The van der Waals surface area contributed by atoms with Crippen LogP contribution in [0.15, 0.2) is 18.2 Å². The number of anilines is 1. The van der Waals surface area contributed by atoms with E-state index in [1.165, 1.54) is 12.1 Å². The fourth-order valence-corrected chi connectivity index (χ4v) is 2.13. The predicted octanol–water partition coefficient (Wildman–Crippen LogP) is 0.0679. The lowest BCUT2D eigenvalue weighted by Gasteiger charge is -2.21. The molecular formula is C12H13FN2O4. The molecular weight excluding hydrogens is 255 g/mol. The van der Waals surface area contributed by atoms with Crippen molar-refractivity contribution in [2.24, 2.45) is 0 Å². The van der Waals surface area contributed by atoms with Gasteiger partial charge in [0.1, 0.15) is 11.9 Å². The Bertz CT molecular complexity index is 534. The van der Waals surface area contributed by atoms with E-state index in [2.05, 4.69) is 0 Å². The average Bonchev–Trinajstić information content (AvgIpc) is 2.70. The standard InChI is InChI=1S/C12H13FN2O4/c13-9-3-6(14)1-2-8(9)11(17)15-5-7(16)4-10(15)12(18)19/h1-3,7,10,16H,4-5,14H2,(H,18,19)/t7-,10+/m1/s1. The number of hydrogen-bond donors (Lipinski definition) is 3. The van der Waals surface area contributed by atoms with E-state index in [1.807, 2.05) is 0 Å². The van der Waals surface area contributed by atoms with Crippen molar-refractivity contribution >= 4 is 17.6 Å². The summed E-state index contributed by atoms with van der Waals surface area (Å²) in [5.74, 6) is -2.79. The number of carboxylic acids is 1. The van der Waals surface area contributed by atoms with Crippen molar-refractivity contribution < 1.29 is 24.2 Å². The van der Waals surface area contributed by atoms with Gasteiger partial charge in [-0.25, -0.2) is 9.18 Å². The van der Waals surface area contributed by atoms with Crippen LogP contribution >= 0.6 is 0 Å². The van der Waals surface area contributed by atoms with Gasteiger partial charge in [-0.05, 0) is 18.2 Å². The fourth-order valence-electron chi connectivity index (χ4n) is 2.13. The second-order valence-corrected chi connectivity index (χ2v) is 4.44. The van der Waals surface area contributed by atoms with Crippen LogP contribution < -0.4 is 5.73 Å². The first-order valence-corrected chi connectivity index (χ1v) is 5.67. The summed E-state index contributed by atoms with van der Waals surface area (Å²) in [5, 5.41) is 18.4. The number of aliphatic hydroxyl groups is 1. The molecule has 102 valence electrons. The molecule has 1 aromatic rings. The van der Waals surface area contributed by atoms with Gasteiger partial charge in [-0.2, -0.15) is 0 Å². The molecule has 6 nitrogen and oxygen atoms in total. The average molecular weight is 268 g/mol. The Morgan fingerprint density at radius 2 is 2.11 bits per heavy atom. The van der Waals surface area contributed by atoms with Gasteiger partial charge in [0.05, 0.1) is 11.7 Å². The van der Waals surface area contributed by atoms with E-state index in [0.29, 0.717) is 0 Å². The number of carbonyl (C=O) groups is 2. The minimum atomic E-state index is -1.22. The van der Waals surface area contributed by atoms with Crippen molar-refractivity contribution in [2.75, 3.05) is 12.3 Å². The number of aliphatic hydroxyl groups excluding tert-OH is 1. The molecule has 2 rings (SSSR count). The molecule has 1 heterocycles. The Morgan fingerprint density at radius 3 is 2.68 bits per heavy atom. The number of hydrogen-bond acceptors (Lipinski definition) is 4. The molecule has 0 spiro atoms. The van der Waals surface area contributed by atoms with E-state index in [-0.39, 0.29) is 24.2 Å². The van der Waals surface area contributed by atoms with Crippen LogP contribution in [0.4, 0.5) is 10.1 Å². The lowest BCUT2D eigenvalue weighted by atomic mass is 10.1. The summed E-state index contributed by atoms with van der Waals surface area (Å²) in [5.41, 5.74) is 5.30. The SMILES string of the molecule is Nc1ccc(C(=O)N2C[C@H](O)C[C@H]2C(=O)O)c(F)c1. The zero-order chi connectivity index (χ0) is 14.2. The summed E-state index contributed by atoms with van der Waals surface area (Å²) in [4.78, 5) is 24.1. The molecule has 0 saturated carbocycles. The quantitative estimate of drug-likeness (QED) is 0.658. The minimum absolute atomic E-state index is 0.0579. The molecule has 19 heavy (non-hydrogen) atoms. The van der Waals surface area contributed by atoms with Crippen LogP contribution in [0.3, 0.4) is 0 Å². The molecule has 0 aromatic heterocycles. The number of halogens is 1. The topological polar surface area (TPSA) is 104 Å². The van der Waals surface area contributed by atoms with Gasteiger partial charge in [-0.1, -0.05) is 0 Å². The van der Waals surface area contributed by atoms with Crippen molar-refractivity contribution in [1.82, 2.24) is 4.90 Å². The highest BCUT2D eigenvalue weighted by molar-refractivity contribution is 5.97. The van der Waals surface area contributed by atoms with E-state index in [1.54, 1.807) is 0 Å². The number of amides is 1. The summed E-state index contributed by atoms with van der Waals surface area (Å²) in [7, 11) is 0. The van der Waals surface area contributed by atoms with Gasteiger partial charge in [0.2, 0.25) is 0 Å². The fraction of sp³-hybridized carbons (Fsp3) is 0.333. The van der Waals surface area contributed by atoms with Crippen LogP contribution in [-0.2, 0) is 4.79 Å². The number of benzene rings is 1. The van der Waals surface area contributed by atoms with Crippen LogP contribution in [0.25, 0.3) is 0 Å². The van der Waals surface area contributed by atoms with Crippen LogP contribution in [0.1, 0.15) is 16.8 Å². The van der Waals surface area contributed by atoms with E-state index >= 15 is 0 Å². The third-order valence-electron chi connectivity index (χ3n) is 3.05. The lowest BCUT2D eigenvalue weighted by molar-refractivity contribution is -0.141. The first kappa shape index (κ1) is 13.3. The lowest BCUT2D eigenvalue weighted by Crippen LogP contribution is -2.40. The molecule has 1 aromatic carbocycles. The van der Waals surface area contributed by atoms with Crippen molar-refractivity contribution in [2.45, 2.75) is 18.6 Å². The number of nitrogen functional groups attached to an aromatic ring is 1. The Kier molecular flexibility index (Phi) is 3.39. The molecule has 4 N–H and O–H groups in total. The van der Waals surface area contributed by atoms with Crippen molar-refractivity contribution in [3.63, 3.8) is 0 Å². The molecule has 1 aliphatic rings. The highest BCUT2D eigenvalue weighted by atomic mass is 19.1. The van der Waals surface area contributed by atoms with Crippen LogP contribution in [0.5, 0.6) is 0 Å². The van der Waals surface area contributed by atoms with E-state index in [4.69, 9.17) is 10.8 Å². The van der Waals surface area contributed by atoms with Gasteiger partial charge >= 0.3 is 5.97 Å². The molecule has 0 radical (unpaired) electrons. The Labute approximate surface area is 108 Å².